The van der Waals surface area contributed by atoms with E-state index in [4.69, 9.17) is 0 Å². The van der Waals surface area contributed by atoms with E-state index in [1.54, 1.807) is 6.92 Å². The van der Waals surface area contributed by atoms with Crippen molar-refractivity contribution < 1.29 is 18.0 Å². The SMILES string of the molecule is CC(=O)N1CCC(C2CCN(Cc3cc(F)c(F)cc3F)C2)CC1. The number of piperidine rings is 1. The van der Waals surface area contributed by atoms with E-state index in [9.17, 15) is 18.0 Å². The summed E-state index contributed by atoms with van der Waals surface area (Å²) in [6.45, 7) is 5.24. The fraction of sp³-hybridized carbons (Fsp3) is 0.611. The number of hydrogen-bond donors (Lipinski definition) is 0. The van der Waals surface area contributed by atoms with Gasteiger partial charge < -0.3 is 4.90 Å². The molecule has 1 unspecified atom stereocenters. The lowest BCUT2D eigenvalue weighted by atomic mass is 9.84. The summed E-state index contributed by atoms with van der Waals surface area (Å²) in [6.07, 6.45) is 3.06. The molecule has 3 nitrogen and oxygen atoms in total. The van der Waals surface area contributed by atoms with Gasteiger partial charge in [-0.3, -0.25) is 9.69 Å². The third-order valence-corrected chi connectivity index (χ3v) is 5.44. The van der Waals surface area contributed by atoms with Crippen LogP contribution in [0.15, 0.2) is 12.1 Å². The molecule has 6 heteroatoms. The predicted octanol–water partition coefficient (Wildman–Crippen LogP) is 3.18. The lowest BCUT2D eigenvalue weighted by Crippen LogP contribution is -2.39. The highest BCUT2D eigenvalue weighted by Crippen LogP contribution is 2.32. The molecule has 1 aromatic carbocycles. The van der Waals surface area contributed by atoms with Crippen LogP contribution in [0.4, 0.5) is 13.2 Å². The molecule has 2 saturated heterocycles. The van der Waals surface area contributed by atoms with E-state index < -0.39 is 17.5 Å². The molecule has 0 aliphatic carbocycles. The van der Waals surface area contributed by atoms with Crippen LogP contribution >= 0.6 is 0 Å². The first kappa shape index (κ1) is 17.3. The van der Waals surface area contributed by atoms with Crippen LogP contribution in [0.3, 0.4) is 0 Å². The minimum Gasteiger partial charge on any atom is -0.343 e. The third kappa shape index (κ3) is 3.74. The van der Waals surface area contributed by atoms with Gasteiger partial charge in [-0.1, -0.05) is 0 Å². The van der Waals surface area contributed by atoms with Crippen molar-refractivity contribution in [2.45, 2.75) is 32.7 Å². The minimum atomic E-state index is -1.15. The minimum absolute atomic E-state index is 0.135. The quantitative estimate of drug-likeness (QED) is 0.789. The second-order valence-electron chi connectivity index (χ2n) is 6.99. The van der Waals surface area contributed by atoms with Gasteiger partial charge in [-0.25, -0.2) is 13.2 Å². The summed E-state index contributed by atoms with van der Waals surface area (Å²) < 4.78 is 40.1. The average molecular weight is 340 g/mol. The van der Waals surface area contributed by atoms with Gasteiger partial charge in [-0.05, 0) is 43.7 Å². The maximum atomic E-state index is 13.8. The summed E-state index contributed by atoms with van der Waals surface area (Å²) in [4.78, 5) is 15.4. The van der Waals surface area contributed by atoms with E-state index >= 15 is 0 Å². The highest BCUT2D eigenvalue weighted by atomic mass is 19.2. The Morgan fingerprint density at radius 1 is 1.00 bits per heavy atom. The van der Waals surface area contributed by atoms with Crippen LogP contribution in [0.1, 0.15) is 31.7 Å². The van der Waals surface area contributed by atoms with Crippen molar-refractivity contribution in [3.05, 3.63) is 35.1 Å². The lowest BCUT2D eigenvalue weighted by molar-refractivity contribution is -0.130. The van der Waals surface area contributed by atoms with Crippen LogP contribution in [0.25, 0.3) is 0 Å². The first-order valence-corrected chi connectivity index (χ1v) is 8.55. The number of carbonyl (C=O) groups excluding carboxylic acids is 1. The van der Waals surface area contributed by atoms with Crippen molar-refractivity contribution in [2.75, 3.05) is 26.2 Å². The smallest absolute Gasteiger partial charge is 0.219 e. The topological polar surface area (TPSA) is 23.6 Å². The van der Waals surface area contributed by atoms with Gasteiger partial charge in [0.05, 0.1) is 0 Å². The molecule has 2 aliphatic rings. The summed E-state index contributed by atoms with van der Waals surface area (Å²) in [5.74, 6) is -1.58. The maximum Gasteiger partial charge on any atom is 0.219 e. The first-order valence-electron chi connectivity index (χ1n) is 8.55. The summed E-state index contributed by atoms with van der Waals surface area (Å²) in [5, 5.41) is 0. The van der Waals surface area contributed by atoms with Crippen LogP contribution in [0.5, 0.6) is 0 Å². The molecule has 2 heterocycles. The number of rotatable bonds is 3. The Morgan fingerprint density at radius 2 is 1.62 bits per heavy atom. The second kappa shape index (κ2) is 7.13. The molecule has 132 valence electrons. The van der Waals surface area contributed by atoms with E-state index in [-0.39, 0.29) is 11.5 Å². The number of carbonyl (C=O) groups is 1. The molecule has 0 aromatic heterocycles. The molecular formula is C18H23F3N2O. The summed E-state index contributed by atoms with van der Waals surface area (Å²) >= 11 is 0. The van der Waals surface area contributed by atoms with E-state index in [1.807, 2.05) is 4.90 Å². The molecule has 1 atom stereocenters. The fourth-order valence-electron chi connectivity index (χ4n) is 4.00. The molecule has 0 spiro atoms. The maximum absolute atomic E-state index is 13.8. The number of likely N-dealkylation sites (tertiary alicyclic amines) is 2. The highest BCUT2D eigenvalue weighted by molar-refractivity contribution is 5.73. The largest absolute Gasteiger partial charge is 0.343 e. The molecule has 3 rings (SSSR count). The number of nitrogens with zero attached hydrogens (tertiary/aromatic N) is 2. The van der Waals surface area contributed by atoms with Gasteiger partial charge in [0.1, 0.15) is 5.82 Å². The lowest BCUT2D eigenvalue weighted by Gasteiger charge is -2.34. The number of hydrogen-bond acceptors (Lipinski definition) is 2. The molecule has 0 saturated carbocycles. The van der Waals surface area contributed by atoms with Crippen molar-refractivity contribution in [2.24, 2.45) is 11.8 Å². The Bertz CT molecular complexity index is 615. The van der Waals surface area contributed by atoms with Crippen molar-refractivity contribution in [1.82, 2.24) is 9.80 Å². The molecule has 0 N–H and O–H groups in total. The Kier molecular flexibility index (Phi) is 5.13. The van der Waals surface area contributed by atoms with Crippen molar-refractivity contribution in [3.63, 3.8) is 0 Å². The van der Waals surface area contributed by atoms with Crippen LogP contribution in [0, 0.1) is 29.3 Å². The molecule has 1 amide bonds. The highest BCUT2D eigenvalue weighted by Gasteiger charge is 2.32. The molecule has 2 fully saturated rings. The number of halogens is 3. The molecule has 0 bridgehead atoms. The van der Waals surface area contributed by atoms with E-state index in [2.05, 4.69) is 4.90 Å². The van der Waals surface area contributed by atoms with Crippen LogP contribution in [-0.2, 0) is 11.3 Å². The Balaban J connectivity index is 1.55. The molecule has 1 aromatic rings. The number of amides is 1. The second-order valence-corrected chi connectivity index (χ2v) is 6.99. The van der Waals surface area contributed by atoms with E-state index in [0.29, 0.717) is 24.4 Å². The molecule has 24 heavy (non-hydrogen) atoms. The van der Waals surface area contributed by atoms with E-state index in [0.717, 1.165) is 51.5 Å². The summed E-state index contributed by atoms with van der Waals surface area (Å²) in [7, 11) is 0. The number of benzene rings is 1. The molecule has 2 aliphatic heterocycles. The van der Waals surface area contributed by atoms with Gasteiger partial charge in [-0.15, -0.1) is 0 Å². The Hall–Kier alpha value is -1.56. The van der Waals surface area contributed by atoms with Gasteiger partial charge >= 0.3 is 0 Å². The fourth-order valence-corrected chi connectivity index (χ4v) is 4.00. The normalized spacial score (nSPS) is 23.0. The third-order valence-electron chi connectivity index (χ3n) is 5.44. The van der Waals surface area contributed by atoms with Gasteiger partial charge in [-0.2, -0.15) is 0 Å². The zero-order valence-electron chi connectivity index (χ0n) is 13.9. The van der Waals surface area contributed by atoms with Crippen LogP contribution < -0.4 is 0 Å². The predicted molar refractivity (Wildman–Crippen MR) is 84.7 cm³/mol. The van der Waals surface area contributed by atoms with Gasteiger partial charge in [0.25, 0.3) is 0 Å². The summed E-state index contributed by atoms with van der Waals surface area (Å²) in [6, 6.07) is 1.58. The monoisotopic (exact) mass is 340 g/mol. The van der Waals surface area contributed by atoms with E-state index in [1.165, 1.54) is 0 Å². The molecule has 0 radical (unpaired) electrons. The van der Waals surface area contributed by atoms with Crippen molar-refractivity contribution in [3.8, 4) is 0 Å². The summed E-state index contributed by atoms with van der Waals surface area (Å²) in [5.41, 5.74) is 0.209. The van der Waals surface area contributed by atoms with Crippen LogP contribution in [-0.4, -0.2) is 41.9 Å². The zero-order chi connectivity index (χ0) is 17.3. The van der Waals surface area contributed by atoms with Gasteiger partial charge in [0.15, 0.2) is 11.6 Å². The van der Waals surface area contributed by atoms with Gasteiger partial charge in [0, 0.05) is 44.7 Å². The van der Waals surface area contributed by atoms with Crippen molar-refractivity contribution >= 4 is 5.91 Å². The average Bonchev–Trinajstić information content (AvgIpc) is 3.01. The van der Waals surface area contributed by atoms with Crippen molar-refractivity contribution in [1.29, 1.82) is 0 Å². The zero-order valence-corrected chi connectivity index (χ0v) is 13.9. The Morgan fingerprint density at radius 3 is 2.29 bits per heavy atom. The molecular weight excluding hydrogens is 317 g/mol. The Labute approximate surface area is 140 Å². The standard InChI is InChI=1S/C18H23F3N2O/c1-12(24)23-6-3-13(4-7-23)14-2-5-22(10-14)11-15-8-17(20)18(21)9-16(15)19/h8-9,13-14H,2-7,10-11H2,1H3. The van der Waals surface area contributed by atoms with Crippen LogP contribution in [0.2, 0.25) is 0 Å². The first-order chi connectivity index (χ1) is 11.4. The van der Waals surface area contributed by atoms with Gasteiger partial charge in [0.2, 0.25) is 5.91 Å².